The maximum absolute atomic E-state index is 2.22. The van der Waals surface area contributed by atoms with Crippen LogP contribution in [0.1, 0.15) is 6.92 Å². The molecule has 0 saturated heterocycles. The van der Waals surface area contributed by atoms with Gasteiger partial charge in [-0.25, -0.2) is 0 Å². The number of halogens is 1. The Balaban J connectivity index is 0.00000121. The van der Waals surface area contributed by atoms with E-state index in [1.165, 1.54) is 5.69 Å². The molecule has 0 heterocycles. The Morgan fingerprint density at radius 3 is 2.00 bits per heavy atom. The number of hydrogen-bond donors (Lipinski definition) is 0. The normalized spacial score (nSPS) is 10.6. The molecule has 0 radical (unpaired) electrons. The van der Waals surface area contributed by atoms with Crippen LogP contribution in [0.2, 0.25) is 0 Å². The zero-order chi connectivity index (χ0) is 8.32. The van der Waals surface area contributed by atoms with Crippen molar-refractivity contribution in [3.8, 4) is 0 Å². The molecule has 68 valence electrons. The number of benzene rings is 1. The van der Waals surface area contributed by atoms with Crippen molar-refractivity contribution in [1.82, 2.24) is 4.48 Å². The fraction of sp³-hybridized carbons (Fsp3) is 0.400. The van der Waals surface area contributed by atoms with Crippen molar-refractivity contribution in [2.75, 3.05) is 20.6 Å². The van der Waals surface area contributed by atoms with Gasteiger partial charge in [-0.05, 0) is 19.1 Å². The molecular formula is C10H16BrN. The first-order chi connectivity index (χ1) is 5.17. The number of hydrogen-bond acceptors (Lipinski definition) is 0. The van der Waals surface area contributed by atoms with Gasteiger partial charge >= 0.3 is 0 Å². The molecular weight excluding hydrogens is 214 g/mol. The second-order valence-corrected chi connectivity index (χ2v) is 3.34. The number of rotatable bonds is 2. The predicted molar refractivity (Wildman–Crippen MR) is 50.6 cm³/mol. The van der Waals surface area contributed by atoms with E-state index in [1.807, 2.05) is 0 Å². The van der Waals surface area contributed by atoms with Crippen molar-refractivity contribution in [3.63, 3.8) is 0 Å². The average Bonchev–Trinajstić information content (AvgIpc) is 2.06. The van der Waals surface area contributed by atoms with E-state index in [0.29, 0.717) is 0 Å². The largest absolute Gasteiger partial charge is 1.00 e. The quantitative estimate of drug-likeness (QED) is 0.588. The van der Waals surface area contributed by atoms with Crippen LogP contribution < -0.4 is 21.5 Å². The Bertz CT molecular complexity index is 219. The summed E-state index contributed by atoms with van der Waals surface area (Å²) in [5, 5.41) is 0. The lowest BCUT2D eigenvalue weighted by Crippen LogP contribution is -3.00. The molecule has 0 aliphatic rings. The Morgan fingerprint density at radius 1 is 1.08 bits per heavy atom. The summed E-state index contributed by atoms with van der Waals surface area (Å²) in [4.78, 5) is 0. The molecule has 0 spiro atoms. The van der Waals surface area contributed by atoms with Gasteiger partial charge in [-0.1, -0.05) is 18.2 Å². The Kier molecular flexibility index (Phi) is 4.50. The summed E-state index contributed by atoms with van der Waals surface area (Å²) in [6.45, 7) is 3.33. The van der Waals surface area contributed by atoms with E-state index in [1.54, 1.807) is 0 Å². The van der Waals surface area contributed by atoms with Gasteiger partial charge in [0.25, 0.3) is 0 Å². The van der Waals surface area contributed by atoms with Crippen LogP contribution in [0, 0.1) is 0 Å². The van der Waals surface area contributed by atoms with Gasteiger partial charge in [-0.2, -0.15) is 0 Å². The molecule has 0 aliphatic heterocycles. The highest BCUT2D eigenvalue weighted by molar-refractivity contribution is 5.40. The van der Waals surface area contributed by atoms with Crippen molar-refractivity contribution in [2.24, 2.45) is 0 Å². The lowest BCUT2D eigenvalue weighted by atomic mass is 10.2. The van der Waals surface area contributed by atoms with E-state index in [2.05, 4.69) is 51.4 Å². The molecule has 1 nitrogen and oxygen atoms in total. The minimum absolute atomic E-state index is 0. The summed E-state index contributed by atoms with van der Waals surface area (Å²) < 4.78 is 0.959. The molecule has 0 saturated carbocycles. The van der Waals surface area contributed by atoms with Crippen molar-refractivity contribution in [2.45, 2.75) is 6.92 Å². The van der Waals surface area contributed by atoms with Crippen molar-refractivity contribution >= 4 is 5.69 Å². The molecule has 0 amide bonds. The van der Waals surface area contributed by atoms with Gasteiger partial charge < -0.3 is 17.0 Å². The first-order valence-corrected chi connectivity index (χ1v) is 4.05. The topological polar surface area (TPSA) is 0 Å². The zero-order valence-electron chi connectivity index (χ0n) is 7.92. The number of nitrogens with zero attached hydrogens (tertiary/aromatic N) is 1. The van der Waals surface area contributed by atoms with Gasteiger partial charge in [-0.15, -0.1) is 0 Å². The van der Waals surface area contributed by atoms with Crippen LogP contribution in [0.5, 0.6) is 0 Å². The molecule has 0 fully saturated rings. The van der Waals surface area contributed by atoms with Crippen LogP contribution in [-0.4, -0.2) is 20.6 Å². The molecule has 0 atom stereocenters. The highest BCUT2D eigenvalue weighted by Crippen LogP contribution is 2.16. The van der Waals surface area contributed by atoms with Gasteiger partial charge in [-0.3, -0.25) is 4.48 Å². The highest BCUT2D eigenvalue weighted by atomic mass is 79.9. The average molecular weight is 230 g/mol. The van der Waals surface area contributed by atoms with Crippen LogP contribution in [-0.2, 0) is 0 Å². The molecule has 0 N–H and O–H groups in total. The molecule has 0 bridgehead atoms. The van der Waals surface area contributed by atoms with Gasteiger partial charge in [0.15, 0.2) is 0 Å². The Labute approximate surface area is 85.4 Å². The molecule has 1 aromatic rings. The summed E-state index contributed by atoms with van der Waals surface area (Å²) in [6, 6.07) is 10.6. The molecule has 1 rings (SSSR count). The van der Waals surface area contributed by atoms with Gasteiger partial charge in [0, 0.05) is 0 Å². The number of quaternary nitrogens is 1. The van der Waals surface area contributed by atoms with E-state index in [-0.39, 0.29) is 17.0 Å². The van der Waals surface area contributed by atoms with Crippen LogP contribution in [0.15, 0.2) is 30.3 Å². The van der Waals surface area contributed by atoms with Crippen molar-refractivity contribution in [1.29, 1.82) is 0 Å². The van der Waals surface area contributed by atoms with Gasteiger partial charge in [0.05, 0.1) is 20.6 Å². The lowest BCUT2D eigenvalue weighted by molar-refractivity contribution is -0.00000248. The monoisotopic (exact) mass is 229 g/mol. The van der Waals surface area contributed by atoms with E-state index in [4.69, 9.17) is 0 Å². The van der Waals surface area contributed by atoms with Crippen LogP contribution in [0.25, 0.3) is 0 Å². The zero-order valence-corrected chi connectivity index (χ0v) is 9.51. The second-order valence-electron chi connectivity index (χ2n) is 3.34. The first-order valence-electron chi connectivity index (χ1n) is 4.05. The molecule has 12 heavy (non-hydrogen) atoms. The maximum atomic E-state index is 2.22. The third-order valence-electron chi connectivity index (χ3n) is 2.25. The van der Waals surface area contributed by atoms with Crippen molar-refractivity contribution in [3.05, 3.63) is 30.3 Å². The lowest BCUT2D eigenvalue weighted by Gasteiger charge is -2.27. The summed E-state index contributed by atoms with van der Waals surface area (Å²) >= 11 is 0. The first kappa shape index (κ1) is 11.7. The molecule has 2 heteroatoms. The van der Waals surface area contributed by atoms with E-state index in [0.717, 1.165) is 11.0 Å². The minimum Gasteiger partial charge on any atom is -1.00 e. The third kappa shape index (κ3) is 2.61. The summed E-state index contributed by atoms with van der Waals surface area (Å²) in [7, 11) is 4.44. The van der Waals surface area contributed by atoms with Crippen LogP contribution >= 0.6 is 0 Å². The summed E-state index contributed by atoms with van der Waals surface area (Å²) in [6.07, 6.45) is 0. The number of para-hydroxylation sites is 1. The summed E-state index contributed by atoms with van der Waals surface area (Å²) in [5.74, 6) is 0. The van der Waals surface area contributed by atoms with E-state index < -0.39 is 0 Å². The molecule has 0 aliphatic carbocycles. The van der Waals surface area contributed by atoms with E-state index >= 15 is 0 Å². The predicted octanol–water partition coefficient (Wildman–Crippen LogP) is -0.723. The molecule has 0 aromatic heterocycles. The SMILES string of the molecule is CC[N+](C)(C)c1ccccc1.[Br-]. The highest BCUT2D eigenvalue weighted by Gasteiger charge is 2.13. The van der Waals surface area contributed by atoms with Gasteiger partial charge in [0.2, 0.25) is 0 Å². The van der Waals surface area contributed by atoms with Crippen LogP contribution in [0.4, 0.5) is 5.69 Å². The Hall–Kier alpha value is -0.340. The Morgan fingerprint density at radius 2 is 1.58 bits per heavy atom. The molecule has 1 aromatic carbocycles. The van der Waals surface area contributed by atoms with Crippen LogP contribution in [0.3, 0.4) is 0 Å². The summed E-state index contributed by atoms with van der Waals surface area (Å²) in [5.41, 5.74) is 1.37. The van der Waals surface area contributed by atoms with E-state index in [9.17, 15) is 0 Å². The molecule has 0 unspecified atom stereocenters. The van der Waals surface area contributed by atoms with Gasteiger partial charge in [0.1, 0.15) is 5.69 Å². The van der Waals surface area contributed by atoms with Crippen molar-refractivity contribution < 1.29 is 17.0 Å². The smallest absolute Gasteiger partial charge is 0.132 e. The maximum Gasteiger partial charge on any atom is 0.132 e. The fourth-order valence-electron chi connectivity index (χ4n) is 1.01. The fourth-order valence-corrected chi connectivity index (χ4v) is 1.01. The third-order valence-corrected chi connectivity index (χ3v) is 2.25. The standard InChI is InChI=1S/C10H16N.BrH/c1-4-11(2,3)10-8-6-5-7-9-10;/h5-9H,4H2,1-3H3;1H/q+1;/p-1. The second kappa shape index (κ2) is 4.63. The minimum atomic E-state index is 0.